The highest BCUT2D eigenvalue weighted by Gasteiger charge is 2.37. The number of rotatable bonds is 3. The normalized spacial score (nSPS) is 23.1. The van der Waals surface area contributed by atoms with Crippen molar-refractivity contribution in [3.63, 3.8) is 0 Å². The Kier molecular flexibility index (Phi) is 4.99. The number of likely N-dealkylation sites (tertiary alicyclic amines) is 1. The zero-order valence-corrected chi connectivity index (χ0v) is 16.5. The van der Waals surface area contributed by atoms with Crippen molar-refractivity contribution >= 4 is 16.9 Å². The lowest BCUT2D eigenvalue weighted by Gasteiger charge is -2.49. The molecule has 0 radical (unpaired) electrons. The smallest absolute Gasteiger partial charge is 0.274 e. The first kappa shape index (κ1) is 18.0. The Morgan fingerprint density at radius 2 is 1.50 bits per heavy atom. The van der Waals surface area contributed by atoms with Gasteiger partial charge in [0.2, 0.25) is 0 Å². The van der Waals surface area contributed by atoms with E-state index in [1.54, 1.807) is 6.20 Å². The van der Waals surface area contributed by atoms with Gasteiger partial charge >= 0.3 is 0 Å². The molecule has 1 amide bonds. The summed E-state index contributed by atoms with van der Waals surface area (Å²) in [5, 5.41) is 0. The second-order valence-electron chi connectivity index (χ2n) is 8.47. The van der Waals surface area contributed by atoms with Gasteiger partial charge in [-0.25, -0.2) is 4.98 Å². The van der Waals surface area contributed by atoms with Gasteiger partial charge in [-0.05, 0) is 25.0 Å². The molecule has 2 aromatic rings. The quantitative estimate of drug-likeness (QED) is 0.820. The lowest BCUT2D eigenvalue weighted by molar-refractivity contribution is -0.00287. The van der Waals surface area contributed by atoms with E-state index in [2.05, 4.69) is 19.8 Å². The molecule has 3 heterocycles. The molecule has 2 aliphatic heterocycles. The number of aromatic nitrogens is 2. The number of hydrogen-bond donors (Lipinski definition) is 0. The van der Waals surface area contributed by atoms with Crippen LogP contribution in [-0.4, -0.2) is 81.9 Å². The summed E-state index contributed by atoms with van der Waals surface area (Å²) in [6.45, 7) is 6.28. The van der Waals surface area contributed by atoms with E-state index in [0.29, 0.717) is 11.7 Å². The minimum Gasteiger partial charge on any atom is -0.334 e. The maximum atomic E-state index is 12.8. The zero-order chi connectivity index (χ0) is 18.9. The third kappa shape index (κ3) is 3.51. The highest BCUT2D eigenvalue weighted by Crippen LogP contribution is 2.25. The number of nitrogens with zero attached hydrogens (tertiary/aromatic N) is 5. The van der Waals surface area contributed by atoms with Crippen LogP contribution in [0.4, 0.5) is 0 Å². The van der Waals surface area contributed by atoms with Crippen molar-refractivity contribution in [2.45, 2.75) is 44.2 Å². The predicted molar refractivity (Wildman–Crippen MR) is 109 cm³/mol. The SMILES string of the molecule is O=C(c1cnc2ccccc2n1)N1CC(N2CCN(C3CCCCC3)CC2)C1. The number of benzene rings is 1. The highest BCUT2D eigenvalue weighted by atomic mass is 16.2. The van der Waals surface area contributed by atoms with Crippen LogP contribution in [0.3, 0.4) is 0 Å². The third-order valence-corrected chi connectivity index (χ3v) is 6.77. The average Bonchev–Trinajstić information content (AvgIpc) is 2.73. The van der Waals surface area contributed by atoms with Gasteiger partial charge in [0.1, 0.15) is 5.69 Å². The van der Waals surface area contributed by atoms with Crippen LogP contribution in [0.2, 0.25) is 0 Å². The summed E-state index contributed by atoms with van der Waals surface area (Å²) in [4.78, 5) is 28.8. The zero-order valence-electron chi connectivity index (χ0n) is 16.5. The monoisotopic (exact) mass is 379 g/mol. The second-order valence-corrected chi connectivity index (χ2v) is 8.47. The van der Waals surface area contributed by atoms with E-state index in [1.807, 2.05) is 29.2 Å². The molecule has 0 unspecified atom stereocenters. The van der Waals surface area contributed by atoms with Gasteiger partial charge < -0.3 is 4.90 Å². The number of carbonyl (C=O) groups excluding carboxylic acids is 1. The Morgan fingerprint density at radius 1 is 0.857 bits per heavy atom. The summed E-state index contributed by atoms with van der Waals surface area (Å²) in [7, 11) is 0. The molecular formula is C22H29N5O. The molecule has 1 aromatic carbocycles. The standard InChI is InChI=1S/C22H29N5O/c28-22(21-14-23-19-8-4-5-9-20(19)24-21)27-15-18(16-27)26-12-10-25(11-13-26)17-6-2-1-3-7-17/h4-5,8-9,14,17-18H,1-3,6-7,10-13,15-16H2. The van der Waals surface area contributed by atoms with Gasteiger partial charge in [0.15, 0.2) is 0 Å². The van der Waals surface area contributed by atoms with Crippen molar-refractivity contribution < 1.29 is 4.79 Å². The number of para-hydroxylation sites is 2. The summed E-state index contributed by atoms with van der Waals surface area (Å²) in [5.74, 6) is 0.00958. The number of amides is 1. The molecule has 0 bridgehead atoms. The van der Waals surface area contributed by atoms with Crippen LogP contribution in [0, 0.1) is 0 Å². The fourth-order valence-electron chi connectivity index (χ4n) is 4.99. The molecule has 6 nitrogen and oxygen atoms in total. The van der Waals surface area contributed by atoms with Gasteiger partial charge in [0, 0.05) is 51.4 Å². The second kappa shape index (κ2) is 7.76. The first-order valence-corrected chi connectivity index (χ1v) is 10.8. The largest absolute Gasteiger partial charge is 0.334 e. The van der Waals surface area contributed by atoms with E-state index in [-0.39, 0.29) is 5.91 Å². The maximum absolute atomic E-state index is 12.8. The fourth-order valence-corrected chi connectivity index (χ4v) is 4.99. The molecule has 1 saturated carbocycles. The minimum atomic E-state index is 0.00958. The molecule has 2 saturated heterocycles. The fraction of sp³-hybridized carbons (Fsp3) is 0.591. The molecule has 0 atom stereocenters. The topological polar surface area (TPSA) is 52.6 Å². The Labute approximate surface area is 166 Å². The average molecular weight is 380 g/mol. The highest BCUT2D eigenvalue weighted by molar-refractivity contribution is 5.94. The van der Waals surface area contributed by atoms with E-state index < -0.39 is 0 Å². The summed E-state index contributed by atoms with van der Waals surface area (Å²) in [5.41, 5.74) is 2.07. The Balaban J connectivity index is 1.13. The molecule has 0 spiro atoms. The van der Waals surface area contributed by atoms with Gasteiger partial charge in [0.05, 0.1) is 17.2 Å². The van der Waals surface area contributed by atoms with Crippen LogP contribution in [0.5, 0.6) is 0 Å². The van der Waals surface area contributed by atoms with Crippen LogP contribution in [0.15, 0.2) is 30.5 Å². The van der Waals surface area contributed by atoms with E-state index in [0.717, 1.165) is 43.3 Å². The Hall–Kier alpha value is -2.05. The Bertz CT molecular complexity index is 836. The van der Waals surface area contributed by atoms with E-state index in [9.17, 15) is 4.79 Å². The summed E-state index contributed by atoms with van der Waals surface area (Å²) in [6, 6.07) is 9.02. The predicted octanol–water partition coefficient (Wildman–Crippen LogP) is 2.40. The van der Waals surface area contributed by atoms with Gasteiger partial charge in [0.25, 0.3) is 5.91 Å². The number of piperazine rings is 1. The van der Waals surface area contributed by atoms with Crippen LogP contribution in [0.25, 0.3) is 11.0 Å². The first-order chi connectivity index (χ1) is 13.8. The van der Waals surface area contributed by atoms with Crippen molar-refractivity contribution in [2.24, 2.45) is 0 Å². The molecule has 6 heteroatoms. The van der Waals surface area contributed by atoms with Gasteiger partial charge in [-0.1, -0.05) is 31.4 Å². The van der Waals surface area contributed by atoms with Crippen LogP contribution >= 0.6 is 0 Å². The number of carbonyl (C=O) groups is 1. The summed E-state index contributed by atoms with van der Waals surface area (Å²) >= 11 is 0. The van der Waals surface area contributed by atoms with Crippen molar-refractivity contribution in [1.82, 2.24) is 24.7 Å². The number of hydrogen-bond acceptors (Lipinski definition) is 5. The lowest BCUT2D eigenvalue weighted by Crippen LogP contribution is -2.64. The molecule has 1 aliphatic carbocycles. The molecular weight excluding hydrogens is 350 g/mol. The summed E-state index contributed by atoms with van der Waals surface area (Å²) < 4.78 is 0. The van der Waals surface area contributed by atoms with Crippen LogP contribution < -0.4 is 0 Å². The summed E-state index contributed by atoms with van der Waals surface area (Å²) in [6.07, 6.45) is 8.62. The van der Waals surface area contributed by atoms with E-state index >= 15 is 0 Å². The molecule has 148 valence electrons. The maximum Gasteiger partial charge on any atom is 0.274 e. The molecule has 1 aromatic heterocycles. The van der Waals surface area contributed by atoms with E-state index in [1.165, 1.54) is 45.2 Å². The van der Waals surface area contributed by atoms with E-state index in [4.69, 9.17) is 0 Å². The van der Waals surface area contributed by atoms with Crippen LogP contribution in [0.1, 0.15) is 42.6 Å². The van der Waals surface area contributed by atoms with Crippen molar-refractivity contribution in [1.29, 1.82) is 0 Å². The van der Waals surface area contributed by atoms with Gasteiger partial charge in [-0.3, -0.25) is 19.6 Å². The minimum absolute atomic E-state index is 0.00958. The first-order valence-electron chi connectivity index (χ1n) is 10.8. The van der Waals surface area contributed by atoms with Crippen LogP contribution in [-0.2, 0) is 0 Å². The van der Waals surface area contributed by atoms with Crippen molar-refractivity contribution in [3.8, 4) is 0 Å². The molecule has 0 N–H and O–H groups in total. The lowest BCUT2D eigenvalue weighted by atomic mass is 9.93. The van der Waals surface area contributed by atoms with Crippen molar-refractivity contribution in [2.75, 3.05) is 39.3 Å². The third-order valence-electron chi connectivity index (χ3n) is 6.77. The molecule has 3 fully saturated rings. The number of fused-ring (bicyclic) bond motifs is 1. The molecule has 28 heavy (non-hydrogen) atoms. The molecule has 5 rings (SSSR count). The Morgan fingerprint density at radius 3 is 2.21 bits per heavy atom. The van der Waals surface area contributed by atoms with Gasteiger partial charge in [-0.15, -0.1) is 0 Å². The van der Waals surface area contributed by atoms with Gasteiger partial charge in [-0.2, -0.15) is 0 Å². The molecule has 3 aliphatic rings. The van der Waals surface area contributed by atoms with Crippen molar-refractivity contribution in [3.05, 3.63) is 36.2 Å².